The summed E-state index contributed by atoms with van der Waals surface area (Å²) in [5.41, 5.74) is 5.92. The molecule has 3 N–H and O–H groups in total. The molecule has 0 aromatic carbocycles. The van der Waals surface area contributed by atoms with Gasteiger partial charge in [-0.2, -0.15) is 0 Å². The highest BCUT2D eigenvalue weighted by atomic mass is 16.5. The van der Waals surface area contributed by atoms with Crippen molar-refractivity contribution in [3.05, 3.63) is 0 Å². The Morgan fingerprint density at radius 2 is 2.35 bits per heavy atom. The van der Waals surface area contributed by atoms with Crippen LogP contribution >= 0.6 is 0 Å². The van der Waals surface area contributed by atoms with E-state index in [0.29, 0.717) is 19.2 Å². The molecule has 0 bridgehead atoms. The van der Waals surface area contributed by atoms with Crippen molar-refractivity contribution in [2.75, 3.05) is 26.8 Å². The Bertz CT molecular complexity index is 248. The van der Waals surface area contributed by atoms with E-state index in [2.05, 4.69) is 17.1 Å². The fraction of sp³-hybridized carbons (Fsp3) is 0.917. The molecule has 1 amide bonds. The maximum Gasteiger partial charge on any atom is 0.237 e. The zero-order valence-electron chi connectivity index (χ0n) is 11.1. The largest absolute Gasteiger partial charge is 0.383 e. The Balaban J connectivity index is 2.40. The van der Waals surface area contributed by atoms with Gasteiger partial charge in [0.15, 0.2) is 0 Å². The van der Waals surface area contributed by atoms with Crippen LogP contribution in [-0.4, -0.2) is 55.7 Å². The molecule has 0 aromatic heterocycles. The summed E-state index contributed by atoms with van der Waals surface area (Å²) >= 11 is 0. The summed E-state index contributed by atoms with van der Waals surface area (Å²) in [6.07, 6.45) is 1.94. The lowest BCUT2D eigenvalue weighted by Gasteiger charge is -2.39. The van der Waals surface area contributed by atoms with Gasteiger partial charge in [0.25, 0.3) is 0 Å². The van der Waals surface area contributed by atoms with Crippen LogP contribution in [0.4, 0.5) is 0 Å². The topological polar surface area (TPSA) is 67.6 Å². The standard InChI is InChI=1S/C12H25N3O2/c1-9-8-11(13)4-6-15(9)10(2)12(16)14-5-7-17-3/h9-11H,4-8,13H2,1-3H3,(H,14,16). The number of methoxy groups -OCH3 is 1. The van der Waals surface area contributed by atoms with Crippen LogP contribution in [-0.2, 0) is 9.53 Å². The van der Waals surface area contributed by atoms with E-state index in [1.54, 1.807) is 7.11 Å². The third-order valence-corrected chi connectivity index (χ3v) is 3.45. The quantitative estimate of drug-likeness (QED) is 0.664. The van der Waals surface area contributed by atoms with E-state index in [1.165, 1.54) is 0 Å². The molecule has 1 saturated heterocycles. The number of carbonyl (C=O) groups is 1. The molecule has 1 aliphatic heterocycles. The molecule has 0 spiro atoms. The Morgan fingerprint density at radius 3 is 2.94 bits per heavy atom. The van der Waals surface area contributed by atoms with E-state index in [4.69, 9.17) is 10.5 Å². The maximum atomic E-state index is 11.9. The molecule has 1 fully saturated rings. The summed E-state index contributed by atoms with van der Waals surface area (Å²) < 4.78 is 4.91. The number of likely N-dealkylation sites (tertiary alicyclic amines) is 1. The van der Waals surface area contributed by atoms with Gasteiger partial charge in [-0.1, -0.05) is 0 Å². The van der Waals surface area contributed by atoms with Crippen LogP contribution in [0.1, 0.15) is 26.7 Å². The number of piperidine rings is 1. The van der Waals surface area contributed by atoms with Gasteiger partial charge in [0.1, 0.15) is 0 Å². The summed E-state index contributed by atoms with van der Waals surface area (Å²) in [6.45, 7) is 6.12. The molecule has 3 unspecified atom stereocenters. The summed E-state index contributed by atoms with van der Waals surface area (Å²) in [4.78, 5) is 14.1. The molecule has 1 aliphatic rings. The molecule has 0 radical (unpaired) electrons. The highest BCUT2D eigenvalue weighted by Gasteiger charge is 2.29. The third-order valence-electron chi connectivity index (χ3n) is 3.45. The average Bonchev–Trinajstić information content (AvgIpc) is 2.28. The van der Waals surface area contributed by atoms with Crippen molar-refractivity contribution >= 4 is 5.91 Å². The minimum Gasteiger partial charge on any atom is -0.383 e. The van der Waals surface area contributed by atoms with Crippen LogP contribution in [0.5, 0.6) is 0 Å². The molecule has 0 saturated carbocycles. The molecule has 1 heterocycles. The first kappa shape index (κ1) is 14.4. The highest BCUT2D eigenvalue weighted by molar-refractivity contribution is 5.81. The van der Waals surface area contributed by atoms with Crippen LogP contribution in [0, 0.1) is 0 Å². The maximum absolute atomic E-state index is 11.9. The number of nitrogens with two attached hydrogens (primary N) is 1. The molecule has 3 atom stereocenters. The number of rotatable bonds is 5. The highest BCUT2D eigenvalue weighted by Crippen LogP contribution is 2.18. The van der Waals surface area contributed by atoms with Gasteiger partial charge in [-0.25, -0.2) is 0 Å². The number of nitrogens with one attached hydrogen (secondary N) is 1. The first-order valence-corrected chi connectivity index (χ1v) is 6.34. The normalized spacial score (nSPS) is 27.8. The zero-order valence-corrected chi connectivity index (χ0v) is 11.1. The van der Waals surface area contributed by atoms with E-state index in [1.807, 2.05) is 6.92 Å². The smallest absolute Gasteiger partial charge is 0.237 e. The van der Waals surface area contributed by atoms with Crippen molar-refractivity contribution in [2.24, 2.45) is 5.73 Å². The summed E-state index contributed by atoms with van der Waals surface area (Å²) in [7, 11) is 1.63. The van der Waals surface area contributed by atoms with E-state index >= 15 is 0 Å². The number of hydrogen-bond donors (Lipinski definition) is 2. The molecule has 5 nitrogen and oxygen atoms in total. The van der Waals surface area contributed by atoms with Gasteiger partial charge in [0.05, 0.1) is 12.6 Å². The molecule has 5 heteroatoms. The fourth-order valence-electron chi connectivity index (χ4n) is 2.38. The number of ether oxygens (including phenoxy) is 1. The van der Waals surface area contributed by atoms with Crippen molar-refractivity contribution in [1.82, 2.24) is 10.2 Å². The van der Waals surface area contributed by atoms with Crippen molar-refractivity contribution in [3.63, 3.8) is 0 Å². The van der Waals surface area contributed by atoms with Crippen LogP contribution in [0.3, 0.4) is 0 Å². The first-order valence-electron chi connectivity index (χ1n) is 6.34. The van der Waals surface area contributed by atoms with Crippen LogP contribution in [0.2, 0.25) is 0 Å². The van der Waals surface area contributed by atoms with Crippen LogP contribution in [0.15, 0.2) is 0 Å². The van der Waals surface area contributed by atoms with Gasteiger partial charge in [-0.3, -0.25) is 9.69 Å². The van der Waals surface area contributed by atoms with Gasteiger partial charge in [-0.15, -0.1) is 0 Å². The third kappa shape index (κ3) is 4.26. The molecule has 17 heavy (non-hydrogen) atoms. The minimum absolute atomic E-state index is 0.0735. The van der Waals surface area contributed by atoms with Gasteiger partial charge >= 0.3 is 0 Å². The van der Waals surface area contributed by atoms with E-state index in [9.17, 15) is 4.79 Å². The lowest BCUT2D eigenvalue weighted by atomic mass is 9.97. The molecular formula is C12H25N3O2. The molecule has 1 rings (SSSR count). The second-order valence-corrected chi connectivity index (χ2v) is 4.83. The summed E-state index contributed by atoms with van der Waals surface area (Å²) in [5.74, 6) is 0.0735. The zero-order chi connectivity index (χ0) is 12.8. The van der Waals surface area contributed by atoms with Gasteiger partial charge in [0.2, 0.25) is 5.91 Å². The summed E-state index contributed by atoms with van der Waals surface area (Å²) in [5, 5.41) is 2.88. The summed E-state index contributed by atoms with van der Waals surface area (Å²) in [6, 6.07) is 0.571. The lowest BCUT2D eigenvalue weighted by Crippen LogP contribution is -2.54. The predicted molar refractivity (Wildman–Crippen MR) is 67.7 cm³/mol. The van der Waals surface area contributed by atoms with Crippen molar-refractivity contribution in [3.8, 4) is 0 Å². The molecule has 0 aromatic rings. The van der Waals surface area contributed by atoms with Gasteiger partial charge in [0, 0.05) is 32.3 Å². The Morgan fingerprint density at radius 1 is 1.65 bits per heavy atom. The van der Waals surface area contributed by atoms with Crippen molar-refractivity contribution < 1.29 is 9.53 Å². The SMILES string of the molecule is COCCNC(=O)C(C)N1CCC(N)CC1C. The van der Waals surface area contributed by atoms with E-state index < -0.39 is 0 Å². The number of nitrogens with zero attached hydrogens (tertiary/aromatic N) is 1. The average molecular weight is 243 g/mol. The van der Waals surface area contributed by atoms with Crippen LogP contribution < -0.4 is 11.1 Å². The van der Waals surface area contributed by atoms with E-state index in [-0.39, 0.29) is 18.0 Å². The molecule has 100 valence electrons. The monoisotopic (exact) mass is 243 g/mol. The second kappa shape index (κ2) is 6.93. The molecule has 0 aliphatic carbocycles. The Hall–Kier alpha value is -0.650. The molecular weight excluding hydrogens is 218 g/mol. The number of hydrogen-bond acceptors (Lipinski definition) is 4. The minimum atomic E-state index is -0.0886. The Labute approximate surface area is 104 Å². The number of carbonyl (C=O) groups excluding carboxylic acids is 1. The Kier molecular flexibility index (Phi) is 5.88. The van der Waals surface area contributed by atoms with Crippen molar-refractivity contribution in [2.45, 2.75) is 44.8 Å². The second-order valence-electron chi connectivity index (χ2n) is 4.83. The van der Waals surface area contributed by atoms with Gasteiger partial charge in [-0.05, 0) is 26.7 Å². The number of amides is 1. The van der Waals surface area contributed by atoms with Gasteiger partial charge < -0.3 is 15.8 Å². The lowest BCUT2D eigenvalue weighted by molar-refractivity contribution is -0.127. The van der Waals surface area contributed by atoms with Crippen molar-refractivity contribution in [1.29, 1.82) is 0 Å². The first-order chi connectivity index (χ1) is 8.06. The fourth-order valence-corrected chi connectivity index (χ4v) is 2.38. The van der Waals surface area contributed by atoms with Crippen LogP contribution in [0.25, 0.3) is 0 Å². The predicted octanol–water partition coefficient (Wildman–Crippen LogP) is -0.0509. The van der Waals surface area contributed by atoms with E-state index in [0.717, 1.165) is 19.4 Å².